The second kappa shape index (κ2) is 7.82. The van der Waals surface area contributed by atoms with Crippen molar-refractivity contribution in [3.05, 3.63) is 0 Å². The number of likely N-dealkylation sites (tertiary alicyclic amines) is 2. The normalized spacial score (nSPS) is 34.1. The molecule has 3 rings (SSSR count). The Morgan fingerprint density at radius 1 is 0.947 bits per heavy atom. The van der Waals surface area contributed by atoms with Crippen molar-refractivity contribution in [2.45, 2.75) is 44.6 Å². The summed E-state index contributed by atoms with van der Waals surface area (Å²) < 4.78 is 0. The minimum absolute atomic E-state index is 0. The molecule has 112 valence electrons. The van der Waals surface area contributed by atoms with Crippen molar-refractivity contribution in [2.75, 3.05) is 45.8 Å². The molecule has 0 amide bonds. The molecule has 0 bridgehead atoms. The van der Waals surface area contributed by atoms with Crippen LogP contribution in [0.15, 0.2) is 0 Å². The monoisotopic (exact) mass is 287 g/mol. The van der Waals surface area contributed by atoms with E-state index in [0.717, 1.165) is 12.0 Å². The standard InChI is InChI=1S/C15H29N3.ClH/c1-2-8-18(9-3-1)15-6-10-17(13-15)12-14-5-4-7-16-11-14;/h14-16H,1-13H2;1H. The maximum Gasteiger partial charge on any atom is 0.0235 e. The highest BCUT2D eigenvalue weighted by molar-refractivity contribution is 5.85. The van der Waals surface area contributed by atoms with E-state index >= 15 is 0 Å². The van der Waals surface area contributed by atoms with Gasteiger partial charge in [-0.3, -0.25) is 4.90 Å². The molecule has 2 unspecified atom stereocenters. The van der Waals surface area contributed by atoms with Gasteiger partial charge in [-0.2, -0.15) is 0 Å². The number of nitrogens with zero attached hydrogens (tertiary/aromatic N) is 2. The highest BCUT2D eigenvalue weighted by Gasteiger charge is 2.29. The molecule has 4 heteroatoms. The van der Waals surface area contributed by atoms with E-state index in [-0.39, 0.29) is 12.4 Å². The average molecular weight is 288 g/mol. The number of hydrogen-bond donors (Lipinski definition) is 1. The van der Waals surface area contributed by atoms with Crippen molar-refractivity contribution in [2.24, 2.45) is 5.92 Å². The van der Waals surface area contributed by atoms with Gasteiger partial charge in [-0.15, -0.1) is 12.4 Å². The molecule has 2 atom stereocenters. The molecule has 3 nitrogen and oxygen atoms in total. The second-order valence-electron chi connectivity index (χ2n) is 6.51. The summed E-state index contributed by atoms with van der Waals surface area (Å²) >= 11 is 0. The smallest absolute Gasteiger partial charge is 0.0235 e. The highest BCUT2D eigenvalue weighted by atomic mass is 35.5. The molecular weight excluding hydrogens is 258 g/mol. The zero-order valence-electron chi connectivity index (χ0n) is 12.1. The van der Waals surface area contributed by atoms with Crippen LogP contribution in [0.2, 0.25) is 0 Å². The van der Waals surface area contributed by atoms with Crippen LogP contribution in [-0.4, -0.2) is 61.7 Å². The lowest BCUT2D eigenvalue weighted by Crippen LogP contribution is -2.42. The Morgan fingerprint density at radius 2 is 1.79 bits per heavy atom. The van der Waals surface area contributed by atoms with Crippen LogP contribution in [0.1, 0.15) is 38.5 Å². The van der Waals surface area contributed by atoms with Crippen LogP contribution >= 0.6 is 12.4 Å². The third kappa shape index (κ3) is 4.32. The largest absolute Gasteiger partial charge is 0.316 e. The van der Waals surface area contributed by atoms with Crippen LogP contribution in [0.5, 0.6) is 0 Å². The molecule has 3 aliphatic heterocycles. The molecule has 3 saturated heterocycles. The van der Waals surface area contributed by atoms with Gasteiger partial charge >= 0.3 is 0 Å². The van der Waals surface area contributed by atoms with E-state index in [2.05, 4.69) is 15.1 Å². The number of piperidine rings is 2. The number of rotatable bonds is 3. The highest BCUT2D eigenvalue weighted by Crippen LogP contribution is 2.22. The fourth-order valence-corrected chi connectivity index (χ4v) is 4.00. The second-order valence-corrected chi connectivity index (χ2v) is 6.51. The molecule has 3 fully saturated rings. The molecule has 0 saturated carbocycles. The summed E-state index contributed by atoms with van der Waals surface area (Å²) in [5, 5.41) is 3.55. The van der Waals surface area contributed by atoms with Crippen molar-refractivity contribution in [3.8, 4) is 0 Å². The van der Waals surface area contributed by atoms with Crippen LogP contribution < -0.4 is 5.32 Å². The number of nitrogens with one attached hydrogen (secondary N) is 1. The lowest BCUT2D eigenvalue weighted by atomic mass is 9.99. The molecule has 0 radical (unpaired) electrons. The van der Waals surface area contributed by atoms with Gasteiger partial charge in [0.1, 0.15) is 0 Å². The predicted molar refractivity (Wildman–Crippen MR) is 83.1 cm³/mol. The molecule has 19 heavy (non-hydrogen) atoms. The minimum atomic E-state index is 0. The van der Waals surface area contributed by atoms with Gasteiger partial charge in [0.05, 0.1) is 0 Å². The summed E-state index contributed by atoms with van der Waals surface area (Å²) in [6.45, 7) is 9.26. The zero-order chi connectivity index (χ0) is 12.2. The number of hydrogen-bond acceptors (Lipinski definition) is 3. The van der Waals surface area contributed by atoms with Crippen LogP contribution in [-0.2, 0) is 0 Å². The average Bonchev–Trinajstić information content (AvgIpc) is 2.89. The van der Waals surface area contributed by atoms with Crippen molar-refractivity contribution in [1.29, 1.82) is 0 Å². The van der Waals surface area contributed by atoms with Crippen LogP contribution in [0.4, 0.5) is 0 Å². The SMILES string of the molecule is C1CCN(C2CCN(CC3CCCNC3)C2)CC1.Cl. The first-order valence-electron chi connectivity index (χ1n) is 8.09. The van der Waals surface area contributed by atoms with Crippen molar-refractivity contribution >= 4 is 12.4 Å². The molecule has 0 aromatic carbocycles. The van der Waals surface area contributed by atoms with Gasteiger partial charge in [-0.05, 0) is 70.7 Å². The van der Waals surface area contributed by atoms with Gasteiger partial charge in [-0.1, -0.05) is 6.42 Å². The summed E-state index contributed by atoms with van der Waals surface area (Å²) in [4.78, 5) is 5.50. The molecule has 3 aliphatic rings. The molecule has 3 heterocycles. The van der Waals surface area contributed by atoms with E-state index in [4.69, 9.17) is 0 Å². The van der Waals surface area contributed by atoms with Gasteiger partial charge < -0.3 is 10.2 Å². The van der Waals surface area contributed by atoms with Gasteiger partial charge in [0.15, 0.2) is 0 Å². The molecule has 0 aliphatic carbocycles. The Labute approximate surface area is 124 Å². The summed E-state index contributed by atoms with van der Waals surface area (Å²) in [5.41, 5.74) is 0. The van der Waals surface area contributed by atoms with E-state index < -0.39 is 0 Å². The maximum atomic E-state index is 3.55. The van der Waals surface area contributed by atoms with Gasteiger partial charge in [0.25, 0.3) is 0 Å². The summed E-state index contributed by atoms with van der Waals surface area (Å²) in [6, 6.07) is 0.877. The molecular formula is C15H30ClN3. The van der Waals surface area contributed by atoms with Crippen LogP contribution in [0.3, 0.4) is 0 Å². The van der Waals surface area contributed by atoms with Crippen molar-refractivity contribution in [1.82, 2.24) is 15.1 Å². The Kier molecular flexibility index (Phi) is 6.40. The van der Waals surface area contributed by atoms with E-state index in [9.17, 15) is 0 Å². The lowest BCUT2D eigenvalue weighted by molar-refractivity contribution is 0.156. The van der Waals surface area contributed by atoms with Crippen LogP contribution in [0.25, 0.3) is 0 Å². The molecule has 0 aromatic heterocycles. The first-order chi connectivity index (χ1) is 8.92. The summed E-state index contributed by atoms with van der Waals surface area (Å²) in [7, 11) is 0. The third-order valence-electron chi connectivity index (χ3n) is 5.07. The van der Waals surface area contributed by atoms with Gasteiger partial charge in [0, 0.05) is 19.1 Å². The van der Waals surface area contributed by atoms with E-state index in [1.807, 2.05) is 0 Å². The fourth-order valence-electron chi connectivity index (χ4n) is 4.00. The zero-order valence-corrected chi connectivity index (χ0v) is 13.0. The van der Waals surface area contributed by atoms with Gasteiger partial charge in [0.2, 0.25) is 0 Å². The Morgan fingerprint density at radius 3 is 2.53 bits per heavy atom. The molecule has 0 spiro atoms. The Balaban J connectivity index is 0.00000133. The topological polar surface area (TPSA) is 18.5 Å². The third-order valence-corrected chi connectivity index (χ3v) is 5.07. The fraction of sp³-hybridized carbons (Fsp3) is 1.00. The van der Waals surface area contributed by atoms with E-state index in [1.54, 1.807) is 0 Å². The van der Waals surface area contributed by atoms with Crippen LogP contribution in [0, 0.1) is 5.92 Å². The molecule has 0 aromatic rings. The summed E-state index contributed by atoms with van der Waals surface area (Å²) in [5.74, 6) is 0.916. The predicted octanol–water partition coefficient (Wildman–Crippen LogP) is 1.97. The molecule has 1 N–H and O–H groups in total. The van der Waals surface area contributed by atoms with Crippen molar-refractivity contribution < 1.29 is 0 Å². The summed E-state index contributed by atoms with van der Waals surface area (Å²) in [6.07, 6.45) is 8.57. The van der Waals surface area contributed by atoms with Crippen molar-refractivity contribution in [3.63, 3.8) is 0 Å². The van der Waals surface area contributed by atoms with E-state index in [0.29, 0.717) is 0 Å². The first kappa shape index (κ1) is 15.6. The maximum absolute atomic E-state index is 3.55. The van der Waals surface area contributed by atoms with Gasteiger partial charge in [-0.25, -0.2) is 0 Å². The first-order valence-corrected chi connectivity index (χ1v) is 8.09. The number of halogens is 1. The Hall–Kier alpha value is 0.170. The quantitative estimate of drug-likeness (QED) is 0.856. The minimum Gasteiger partial charge on any atom is -0.316 e. The van der Waals surface area contributed by atoms with E-state index in [1.165, 1.54) is 84.3 Å². The lowest BCUT2D eigenvalue weighted by Gasteiger charge is -2.33. The Bertz CT molecular complexity index is 250.